The second kappa shape index (κ2) is 8.20. The number of rotatable bonds is 6. The highest BCUT2D eigenvalue weighted by Gasteiger charge is 2.43. The van der Waals surface area contributed by atoms with Crippen LogP contribution in [-0.4, -0.2) is 35.0 Å². The molecular formula is C26H33N5O3. The molecule has 4 N–H and O–H groups in total. The molecule has 8 nitrogen and oxygen atoms in total. The van der Waals surface area contributed by atoms with Gasteiger partial charge in [-0.1, -0.05) is 32.0 Å². The van der Waals surface area contributed by atoms with E-state index in [0.29, 0.717) is 17.5 Å². The molecule has 8 heteroatoms. The zero-order chi connectivity index (χ0) is 24.2. The predicted molar refractivity (Wildman–Crippen MR) is 135 cm³/mol. The molecule has 0 amide bonds. The average Bonchev–Trinajstić information content (AvgIpc) is 3.60. The number of aromatic nitrogens is 2. The van der Waals surface area contributed by atoms with E-state index >= 15 is 0 Å². The van der Waals surface area contributed by atoms with Crippen LogP contribution < -0.4 is 32.5 Å². The van der Waals surface area contributed by atoms with Crippen molar-refractivity contribution in [2.24, 2.45) is 17.1 Å². The highest BCUT2D eigenvalue weighted by atomic mass is 16.5. The van der Waals surface area contributed by atoms with Crippen molar-refractivity contribution in [3.8, 4) is 5.75 Å². The summed E-state index contributed by atoms with van der Waals surface area (Å²) in [5.41, 5.74) is 8.39. The van der Waals surface area contributed by atoms with Crippen LogP contribution in [0.15, 0.2) is 52.1 Å². The standard InChI is InChI=1S/C26H33N5O3/c1-16-22(12-11-19-23(16)30(17-9-10-17)25(33)31(28)24(19)32)29-13-20(26(2,3)15-29)21(27)14-34-18-7-5-4-6-8-18/h4-8,11-12,17,20-21H,9-10,13-15,27-28H2,1-3H3/t20-,21-/m0/s1. The van der Waals surface area contributed by atoms with E-state index in [4.69, 9.17) is 16.3 Å². The molecule has 2 fully saturated rings. The number of para-hydroxylation sites is 1. The summed E-state index contributed by atoms with van der Waals surface area (Å²) in [5, 5.41) is 0.484. The Bertz CT molecular complexity index is 1340. The second-order valence-electron chi connectivity index (χ2n) is 10.4. The largest absolute Gasteiger partial charge is 0.492 e. The summed E-state index contributed by atoms with van der Waals surface area (Å²) in [6.45, 7) is 8.52. The SMILES string of the molecule is Cc1c(N2C[C@@H]([C@@H](N)COc3ccccc3)C(C)(C)C2)ccc2c(=O)n(N)c(=O)n(C3CC3)c12. The van der Waals surface area contributed by atoms with Gasteiger partial charge in [-0.3, -0.25) is 9.36 Å². The Kier molecular flexibility index (Phi) is 5.43. The number of aryl methyl sites for hydroxylation is 1. The molecule has 2 heterocycles. The fraction of sp³-hybridized carbons (Fsp3) is 0.462. The molecule has 2 aromatic carbocycles. The summed E-state index contributed by atoms with van der Waals surface area (Å²) in [5.74, 6) is 6.85. The topological polar surface area (TPSA) is 109 Å². The molecule has 3 aromatic rings. The molecule has 5 rings (SSSR count). The molecule has 0 radical (unpaired) electrons. The Morgan fingerprint density at radius 2 is 1.82 bits per heavy atom. The monoisotopic (exact) mass is 463 g/mol. The van der Waals surface area contributed by atoms with Crippen molar-refractivity contribution in [3.63, 3.8) is 0 Å². The van der Waals surface area contributed by atoms with Gasteiger partial charge in [-0.05, 0) is 55.0 Å². The minimum atomic E-state index is -0.453. The molecule has 0 unspecified atom stereocenters. The van der Waals surface area contributed by atoms with Crippen LogP contribution in [0.4, 0.5) is 5.69 Å². The Labute approximate surface area is 198 Å². The van der Waals surface area contributed by atoms with Crippen molar-refractivity contribution in [2.45, 2.75) is 45.7 Å². The first-order chi connectivity index (χ1) is 16.2. The number of nitrogens with two attached hydrogens (primary N) is 2. The van der Waals surface area contributed by atoms with Crippen LogP contribution in [0.5, 0.6) is 5.75 Å². The van der Waals surface area contributed by atoms with Gasteiger partial charge in [-0.25, -0.2) is 4.79 Å². The number of fused-ring (bicyclic) bond motifs is 1. The first kappa shape index (κ1) is 22.5. The minimum absolute atomic E-state index is 0.0301. The molecule has 1 aliphatic heterocycles. The Morgan fingerprint density at radius 3 is 2.50 bits per heavy atom. The number of hydrogen-bond donors (Lipinski definition) is 2. The average molecular weight is 464 g/mol. The zero-order valence-electron chi connectivity index (χ0n) is 20.0. The fourth-order valence-corrected chi connectivity index (χ4v) is 5.50. The van der Waals surface area contributed by atoms with Crippen molar-refractivity contribution >= 4 is 16.6 Å². The third-order valence-corrected chi connectivity index (χ3v) is 7.48. The van der Waals surface area contributed by atoms with Gasteiger partial charge in [0, 0.05) is 36.8 Å². The van der Waals surface area contributed by atoms with Crippen LogP contribution in [0.25, 0.3) is 10.9 Å². The lowest BCUT2D eigenvalue weighted by Gasteiger charge is -2.30. The summed E-state index contributed by atoms with van der Waals surface area (Å²) in [4.78, 5) is 27.9. The van der Waals surface area contributed by atoms with Gasteiger partial charge in [0.1, 0.15) is 12.4 Å². The molecule has 2 atom stereocenters. The van der Waals surface area contributed by atoms with Gasteiger partial charge < -0.3 is 21.2 Å². The molecule has 2 aliphatic rings. The highest BCUT2D eigenvalue weighted by molar-refractivity contribution is 5.87. The molecule has 1 aliphatic carbocycles. The first-order valence-electron chi connectivity index (χ1n) is 11.9. The number of anilines is 1. The summed E-state index contributed by atoms with van der Waals surface area (Å²) in [6.07, 6.45) is 1.85. The van der Waals surface area contributed by atoms with Crippen molar-refractivity contribution in [1.29, 1.82) is 0 Å². The summed E-state index contributed by atoms with van der Waals surface area (Å²) < 4.78 is 8.40. The first-order valence-corrected chi connectivity index (χ1v) is 11.9. The fourth-order valence-electron chi connectivity index (χ4n) is 5.50. The molecule has 1 aromatic heterocycles. The number of nitrogens with zero attached hydrogens (tertiary/aromatic N) is 3. The van der Waals surface area contributed by atoms with Crippen LogP contribution in [0, 0.1) is 18.3 Å². The van der Waals surface area contributed by atoms with Crippen molar-refractivity contribution < 1.29 is 4.74 Å². The Morgan fingerprint density at radius 1 is 1.12 bits per heavy atom. The third kappa shape index (κ3) is 3.76. The van der Waals surface area contributed by atoms with Crippen molar-refractivity contribution in [3.05, 3.63) is 68.9 Å². The zero-order valence-corrected chi connectivity index (χ0v) is 20.0. The maximum atomic E-state index is 12.9. The highest BCUT2D eigenvalue weighted by Crippen LogP contribution is 2.42. The second-order valence-corrected chi connectivity index (χ2v) is 10.4. The van der Waals surface area contributed by atoms with Crippen LogP contribution in [0.1, 0.15) is 38.3 Å². The smallest absolute Gasteiger partial charge is 0.350 e. The number of hydrogen-bond acceptors (Lipinski definition) is 6. The quantitative estimate of drug-likeness (QED) is 0.544. The van der Waals surface area contributed by atoms with Gasteiger partial charge in [-0.15, -0.1) is 0 Å². The number of benzene rings is 2. The van der Waals surface area contributed by atoms with E-state index < -0.39 is 11.2 Å². The van der Waals surface area contributed by atoms with Gasteiger partial charge >= 0.3 is 5.69 Å². The van der Waals surface area contributed by atoms with Crippen LogP contribution in [-0.2, 0) is 0 Å². The molecule has 180 valence electrons. The lowest BCUT2D eigenvalue weighted by atomic mass is 9.78. The minimum Gasteiger partial charge on any atom is -0.492 e. The Hall–Kier alpha value is -3.26. The van der Waals surface area contributed by atoms with E-state index in [1.165, 1.54) is 0 Å². The molecule has 1 saturated carbocycles. The summed E-state index contributed by atoms with van der Waals surface area (Å²) >= 11 is 0. The number of nitrogen functional groups attached to an aromatic ring is 1. The van der Waals surface area contributed by atoms with Gasteiger partial charge in [0.2, 0.25) is 0 Å². The summed E-state index contributed by atoms with van der Waals surface area (Å²) in [7, 11) is 0. The molecule has 0 spiro atoms. The predicted octanol–water partition coefficient (Wildman–Crippen LogP) is 2.39. The lowest BCUT2D eigenvalue weighted by Crippen LogP contribution is -2.44. The van der Waals surface area contributed by atoms with Gasteiger partial charge in [0.25, 0.3) is 5.56 Å². The molecule has 0 bridgehead atoms. The van der Waals surface area contributed by atoms with E-state index in [1.807, 2.05) is 43.3 Å². The maximum Gasteiger partial charge on any atom is 0.350 e. The van der Waals surface area contributed by atoms with Crippen LogP contribution in [0.2, 0.25) is 0 Å². The van der Waals surface area contributed by atoms with Crippen LogP contribution >= 0.6 is 0 Å². The lowest BCUT2D eigenvalue weighted by molar-refractivity contribution is 0.185. The van der Waals surface area contributed by atoms with E-state index in [-0.39, 0.29) is 23.4 Å². The van der Waals surface area contributed by atoms with E-state index in [9.17, 15) is 9.59 Å². The summed E-state index contributed by atoms with van der Waals surface area (Å²) in [6, 6.07) is 13.5. The van der Waals surface area contributed by atoms with Crippen molar-refractivity contribution in [1.82, 2.24) is 9.24 Å². The van der Waals surface area contributed by atoms with Crippen molar-refractivity contribution in [2.75, 3.05) is 30.4 Å². The molecular weight excluding hydrogens is 430 g/mol. The molecule has 34 heavy (non-hydrogen) atoms. The van der Waals surface area contributed by atoms with Gasteiger partial charge in [-0.2, -0.15) is 4.68 Å². The van der Waals surface area contributed by atoms with Gasteiger partial charge in [0.05, 0.1) is 10.9 Å². The van der Waals surface area contributed by atoms with Crippen LogP contribution in [0.3, 0.4) is 0 Å². The van der Waals surface area contributed by atoms with E-state index in [2.05, 4.69) is 18.7 Å². The maximum absolute atomic E-state index is 12.9. The molecule has 1 saturated heterocycles. The van der Waals surface area contributed by atoms with Gasteiger partial charge in [0.15, 0.2) is 0 Å². The third-order valence-electron chi connectivity index (χ3n) is 7.48. The number of ether oxygens (including phenoxy) is 1. The Balaban J connectivity index is 1.47. The van der Waals surface area contributed by atoms with E-state index in [0.717, 1.165) is 47.6 Å². The normalized spacial score (nSPS) is 20.6. The van der Waals surface area contributed by atoms with E-state index in [1.54, 1.807) is 10.6 Å².